The van der Waals surface area contributed by atoms with Gasteiger partial charge in [-0.25, -0.2) is 0 Å². The van der Waals surface area contributed by atoms with Crippen LogP contribution in [0.15, 0.2) is 34.9 Å². The number of hydrogen-bond donors (Lipinski definition) is 2. The van der Waals surface area contributed by atoms with Crippen LogP contribution in [0, 0.1) is 0 Å². The number of nitrogens with one attached hydrogen (secondary N) is 2. The van der Waals surface area contributed by atoms with Crippen LogP contribution < -0.4 is 0 Å². The molecular weight excluding hydrogens is 278 g/mol. The predicted molar refractivity (Wildman–Crippen MR) is 82.0 cm³/mol. The molecule has 0 amide bonds. The molecule has 1 aliphatic carbocycles. The Balaban J connectivity index is 1.37. The van der Waals surface area contributed by atoms with E-state index in [4.69, 9.17) is 4.42 Å². The van der Waals surface area contributed by atoms with Crippen molar-refractivity contribution in [2.45, 2.75) is 31.8 Å². The van der Waals surface area contributed by atoms with Crippen molar-refractivity contribution in [3.8, 4) is 11.5 Å². The zero-order valence-electron chi connectivity index (χ0n) is 12.5. The second-order valence-corrected chi connectivity index (χ2v) is 6.00. The van der Waals surface area contributed by atoms with Gasteiger partial charge in [0, 0.05) is 24.4 Å². The zero-order chi connectivity index (χ0) is 14.9. The molecule has 6 heteroatoms. The molecule has 0 radical (unpaired) electrons. The molecule has 1 aliphatic rings. The van der Waals surface area contributed by atoms with Gasteiger partial charge in [-0.2, -0.15) is 10.2 Å². The van der Waals surface area contributed by atoms with Crippen molar-refractivity contribution >= 4 is 0 Å². The molecule has 3 aromatic rings. The van der Waals surface area contributed by atoms with Crippen LogP contribution in [0.3, 0.4) is 0 Å². The molecule has 1 fully saturated rings. The van der Waals surface area contributed by atoms with Crippen molar-refractivity contribution in [2.75, 3.05) is 7.05 Å². The molecule has 0 unspecified atom stereocenters. The van der Waals surface area contributed by atoms with E-state index in [1.165, 1.54) is 18.5 Å². The van der Waals surface area contributed by atoms with Gasteiger partial charge in [0.2, 0.25) is 0 Å². The van der Waals surface area contributed by atoms with Crippen molar-refractivity contribution in [1.29, 1.82) is 0 Å². The van der Waals surface area contributed by atoms with Crippen LogP contribution in [-0.2, 0) is 13.1 Å². The topological polar surface area (TPSA) is 73.7 Å². The van der Waals surface area contributed by atoms with E-state index in [0.717, 1.165) is 36.0 Å². The van der Waals surface area contributed by atoms with Crippen molar-refractivity contribution in [3.63, 3.8) is 0 Å². The summed E-state index contributed by atoms with van der Waals surface area (Å²) < 4.78 is 5.85. The van der Waals surface area contributed by atoms with Crippen LogP contribution in [-0.4, -0.2) is 32.3 Å². The van der Waals surface area contributed by atoms with E-state index >= 15 is 0 Å². The molecule has 0 saturated heterocycles. The van der Waals surface area contributed by atoms with Crippen LogP contribution >= 0.6 is 0 Å². The Morgan fingerprint density at radius 3 is 2.91 bits per heavy atom. The fourth-order valence-corrected chi connectivity index (χ4v) is 2.66. The van der Waals surface area contributed by atoms with Crippen molar-refractivity contribution in [2.24, 2.45) is 0 Å². The lowest BCUT2D eigenvalue weighted by atomic mass is 10.2. The number of H-pyrrole nitrogens is 2. The van der Waals surface area contributed by atoms with E-state index in [1.54, 1.807) is 6.20 Å². The first-order valence-corrected chi connectivity index (χ1v) is 7.59. The van der Waals surface area contributed by atoms with Gasteiger partial charge < -0.3 is 4.42 Å². The van der Waals surface area contributed by atoms with Gasteiger partial charge in [-0.15, -0.1) is 0 Å². The smallest absolute Gasteiger partial charge is 0.152 e. The van der Waals surface area contributed by atoms with Crippen molar-refractivity contribution in [1.82, 2.24) is 25.3 Å². The summed E-state index contributed by atoms with van der Waals surface area (Å²) in [6.07, 6.45) is 4.28. The standard InChI is InChI=1S/C16H19N5O/c1-21(9-12-8-15(20-18-12)11-2-3-11)10-13-4-5-16(22-13)14-6-7-17-19-14/h4-8,11H,2-3,9-10H2,1H3,(H,17,19)(H,18,20). The summed E-state index contributed by atoms with van der Waals surface area (Å²) in [5, 5.41) is 14.4. The third kappa shape index (κ3) is 2.82. The Bertz CT molecular complexity index is 738. The number of aromatic nitrogens is 4. The molecule has 0 bridgehead atoms. The molecule has 2 N–H and O–H groups in total. The Labute approximate surface area is 128 Å². The number of nitrogens with zero attached hydrogens (tertiary/aromatic N) is 3. The number of aromatic amines is 2. The minimum absolute atomic E-state index is 0.692. The van der Waals surface area contributed by atoms with E-state index in [0.29, 0.717) is 5.92 Å². The van der Waals surface area contributed by atoms with Crippen LogP contribution in [0.5, 0.6) is 0 Å². The SMILES string of the molecule is CN(Cc1cc(C2CC2)n[nH]1)Cc1ccc(-c2ccn[nH]2)o1. The largest absolute Gasteiger partial charge is 0.458 e. The van der Waals surface area contributed by atoms with Gasteiger partial charge in [0.05, 0.1) is 12.2 Å². The zero-order valence-corrected chi connectivity index (χ0v) is 12.5. The van der Waals surface area contributed by atoms with E-state index < -0.39 is 0 Å². The first-order valence-electron chi connectivity index (χ1n) is 7.59. The summed E-state index contributed by atoms with van der Waals surface area (Å²) in [6.45, 7) is 1.59. The Morgan fingerprint density at radius 2 is 2.14 bits per heavy atom. The highest BCUT2D eigenvalue weighted by atomic mass is 16.3. The minimum Gasteiger partial charge on any atom is -0.458 e. The molecule has 0 spiro atoms. The third-order valence-corrected chi connectivity index (χ3v) is 3.94. The molecule has 22 heavy (non-hydrogen) atoms. The maximum Gasteiger partial charge on any atom is 0.152 e. The highest BCUT2D eigenvalue weighted by Gasteiger charge is 2.26. The molecule has 0 aromatic carbocycles. The number of furan rings is 1. The van der Waals surface area contributed by atoms with Crippen molar-refractivity contribution in [3.05, 3.63) is 47.6 Å². The fourth-order valence-electron chi connectivity index (χ4n) is 2.66. The summed E-state index contributed by atoms with van der Waals surface area (Å²) in [7, 11) is 2.08. The van der Waals surface area contributed by atoms with Crippen LogP contribution in [0.2, 0.25) is 0 Å². The second kappa shape index (κ2) is 5.46. The Hall–Kier alpha value is -2.34. The van der Waals surface area contributed by atoms with Crippen molar-refractivity contribution < 1.29 is 4.42 Å². The molecule has 0 aliphatic heterocycles. The van der Waals surface area contributed by atoms with Crippen LogP contribution in [0.4, 0.5) is 0 Å². The average Bonchev–Trinajstić information content (AvgIpc) is 2.95. The van der Waals surface area contributed by atoms with Gasteiger partial charge in [-0.05, 0) is 44.2 Å². The molecule has 4 rings (SSSR count). The summed E-state index contributed by atoms with van der Waals surface area (Å²) in [4.78, 5) is 2.21. The maximum absolute atomic E-state index is 5.85. The van der Waals surface area contributed by atoms with Gasteiger partial charge in [0.1, 0.15) is 11.5 Å². The van der Waals surface area contributed by atoms with Gasteiger partial charge in [-0.1, -0.05) is 0 Å². The quantitative estimate of drug-likeness (QED) is 0.733. The maximum atomic E-state index is 5.85. The van der Waals surface area contributed by atoms with Gasteiger partial charge in [-0.3, -0.25) is 15.1 Å². The monoisotopic (exact) mass is 297 g/mol. The minimum atomic E-state index is 0.692. The molecule has 0 atom stereocenters. The molecule has 3 heterocycles. The van der Waals surface area contributed by atoms with E-state index in [1.807, 2.05) is 18.2 Å². The summed E-state index contributed by atoms with van der Waals surface area (Å²) in [5.74, 6) is 2.45. The lowest BCUT2D eigenvalue weighted by Gasteiger charge is -2.13. The molecule has 1 saturated carbocycles. The molecule has 6 nitrogen and oxygen atoms in total. The number of rotatable bonds is 6. The second-order valence-electron chi connectivity index (χ2n) is 6.00. The van der Waals surface area contributed by atoms with Crippen LogP contribution in [0.25, 0.3) is 11.5 Å². The first-order chi connectivity index (χ1) is 10.8. The van der Waals surface area contributed by atoms with E-state index in [2.05, 4.69) is 38.4 Å². The van der Waals surface area contributed by atoms with Crippen LogP contribution in [0.1, 0.15) is 35.9 Å². The fraction of sp³-hybridized carbons (Fsp3) is 0.375. The Kier molecular flexibility index (Phi) is 3.31. The Morgan fingerprint density at radius 1 is 1.23 bits per heavy atom. The van der Waals surface area contributed by atoms with E-state index in [-0.39, 0.29) is 0 Å². The molecular formula is C16H19N5O. The lowest BCUT2D eigenvalue weighted by Crippen LogP contribution is -2.17. The molecule has 3 aromatic heterocycles. The third-order valence-electron chi connectivity index (χ3n) is 3.94. The van der Waals surface area contributed by atoms with Gasteiger partial charge in [0.25, 0.3) is 0 Å². The predicted octanol–water partition coefficient (Wildman–Crippen LogP) is 2.90. The number of hydrogen-bond acceptors (Lipinski definition) is 4. The highest BCUT2D eigenvalue weighted by molar-refractivity contribution is 5.51. The lowest BCUT2D eigenvalue weighted by molar-refractivity contribution is 0.286. The summed E-state index contributed by atoms with van der Waals surface area (Å²) in [6, 6.07) is 8.07. The van der Waals surface area contributed by atoms with Gasteiger partial charge in [0.15, 0.2) is 5.76 Å². The first kappa shape index (κ1) is 13.3. The summed E-state index contributed by atoms with van der Waals surface area (Å²) in [5.41, 5.74) is 3.27. The summed E-state index contributed by atoms with van der Waals surface area (Å²) >= 11 is 0. The van der Waals surface area contributed by atoms with E-state index in [9.17, 15) is 0 Å². The highest BCUT2D eigenvalue weighted by Crippen LogP contribution is 2.39. The van der Waals surface area contributed by atoms with Gasteiger partial charge >= 0.3 is 0 Å². The average molecular weight is 297 g/mol. The molecule has 114 valence electrons. The normalized spacial score (nSPS) is 14.8.